The second kappa shape index (κ2) is 4.44. The standard InChI is InChI=1S/C11H13N5O2/c1-6-13-7(2)16(15-6)10-8(12)4-5-9(14-10)11(17)18-3/h4-5H,12H2,1-3H3. The zero-order chi connectivity index (χ0) is 13.3. The molecule has 0 aliphatic rings. The van der Waals surface area contributed by atoms with Crippen LogP contribution in [-0.2, 0) is 4.74 Å². The molecule has 0 spiro atoms. The van der Waals surface area contributed by atoms with Crippen LogP contribution in [0.4, 0.5) is 5.69 Å². The summed E-state index contributed by atoms with van der Waals surface area (Å²) in [6.07, 6.45) is 0. The van der Waals surface area contributed by atoms with Crippen molar-refractivity contribution in [2.24, 2.45) is 0 Å². The van der Waals surface area contributed by atoms with Gasteiger partial charge in [-0.2, -0.15) is 4.68 Å². The van der Waals surface area contributed by atoms with Crippen LogP contribution >= 0.6 is 0 Å². The predicted octanol–water partition coefficient (Wildman–Crippen LogP) is 0.648. The third kappa shape index (κ3) is 2.02. The summed E-state index contributed by atoms with van der Waals surface area (Å²) in [6, 6.07) is 3.09. The van der Waals surface area contributed by atoms with E-state index in [1.165, 1.54) is 17.9 Å². The Kier molecular flexibility index (Phi) is 2.97. The fourth-order valence-corrected chi connectivity index (χ4v) is 1.57. The summed E-state index contributed by atoms with van der Waals surface area (Å²) in [5.74, 6) is 1.10. The summed E-state index contributed by atoms with van der Waals surface area (Å²) < 4.78 is 6.11. The smallest absolute Gasteiger partial charge is 0.356 e. The number of pyridine rings is 1. The molecule has 2 N–H and O–H groups in total. The lowest BCUT2D eigenvalue weighted by Gasteiger charge is -2.07. The van der Waals surface area contributed by atoms with E-state index in [1.54, 1.807) is 19.9 Å². The highest BCUT2D eigenvalue weighted by molar-refractivity contribution is 5.88. The molecular weight excluding hydrogens is 234 g/mol. The quantitative estimate of drug-likeness (QED) is 0.782. The highest BCUT2D eigenvalue weighted by Crippen LogP contribution is 2.16. The van der Waals surface area contributed by atoms with Gasteiger partial charge < -0.3 is 10.5 Å². The number of esters is 1. The van der Waals surface area contributed by atoms with Crippen LogP contribution in [0.2, 0.25) is 0 Å². The van der Waals surface area contributed by atoms with E-state index in [1.807, 2.05) is 0 Å². The van der Waals surface area contributed by atoms with Crippen LogP contribution < -0.4 is 5.73 Å². The van der Waals surface area contributed by atoms with Gasteiger partial charge in [0.1, 0.15) is 11.6 Å². The maximum atomic E-state index is 11.4. The molecule has 0 bridgehead atoms. The lowest BCUT2D eigenvalue weighted by Crippen LogP contribution is -2.11. The zero-order valence-electron chi connectivity index (χ0n) is 10.3. The van der Waals surface area contributed by atoms with Gasteiger partial charge in [-0.3, -0.25) is 0 Å². The number of nitrogens with two attached hydrogens (primary N) is 1. The number of aryl methyl sites for hydroxylation is 2. The average molecular weight is 247 g/mol. The van der Waals surface area contributed by atoms with E-state index >= 15 is 0 Å². The van der Waals surface area contributed by atoms with Gasteiger partial charge in [-0.05, 0) is 26.0 Å². The van der Waals surface area contributed by atoms with Gasteiger partial charge in [0.15, 0.2) is 11.5 Å². The summed E-state index contributed by atoms with van der Waals surface area (Å²) in [5.41, 5.74) is 6.43. The maximum absolute atomic E-state index is 11.4. The number of rotatable bonds is 2. The molecule has 0 atom stereocenters. The van der Waals surface area contributed by atoms with E-state index in [0.717, 1.165) is 0 Å². The van der Waals surface area contributed by atoms with Crippen LogP contribution in [0.25, 0.3) is 5.82 Å². The second-order valence-electron chi connectivity index (χ2n) is 3.72. The second-order valence-corrected chi connectivity index (χ2v) is 3.72. The van der Waals surface area contributed by atoms with Crippen molar-refractivity contribution in [3.05, 3.63) is 29.5 Å². The molecule has 2 rings (SSSR count). The minimum absolute atomic E-state index is 0.175. The monoisotopic (exact) mass is 247 g/mol. The first-order valence-electron chi connectivity index (χ1n) is 5.28. The van der Waals surface area contributed by atoms with Gasteiger partial charge in [0.05, 0.1) is 12.8 Å². The summed E-state index contributed by atoms with van der Waals surface area (Å²) in [6.45, 7) is 3.55. The molecule has 7 nitrogen and oxygen atoms in total. The molecule has 0 amide bonds. The van der Waals surface area contributed by atoms with Crippen molar-refractivity contribution >= 4 is 11.7 Å². The van der Waals surface area contributed by atoms with Crippen LogP contribution in [0.3, 0.4) is 0 Å². The van der Waals surface area contributed by atoms with Crippen LogP contribution in [0.1, 0.15) is 22.1 Å². The minimum Gasteiger partial charge on any atom is -0.464 e. The van der Waals surface area contributed by atoms with Gasteiger partial charge >= 0.3 is 5.97 Å². The Labute approximate surface area is 104 Å². The molecule has 0 saturated heterocycles. The van der Waals surface area contributed by atoms with Crippen LogP contribution in [0, 0.1) is 13.8 Å². The van der Waals surface area contributed by atoms with E-state index in [9.17, 15) is 4.79 Å². The molecule has 0 radical (unpaired) electrons. The first-order chi connectivity index (χ1) is 8.52. The SMILES string of the molecule is COC(=O)c1ccc(N)c(-n2nc(C)nc2C)n1. The third-order valence-corrected chi connectivity index (χ3v) is 2.38. The maximum Gasteiger partial charge on any atom is 0.356 e. The molecule has 7 heteroatoms. The number of hydrogen-bond donors (Lipinski definition) is 1. The average Bonchev–Trinajstić information content (AvgIpc) is 2.68. The third-order valence-electron chi connectivity index (χ3n) is 2.38. The molecule has 2 aromatic heterocycles. The highest BCUT2D eigenvalue weighted by Gasteiger charge is 2.14. The molecule has 2 heterocycles. The Balaban J connectivity index is 2.56. The van der Waals surface area contributed by atoms with E-state index in [-0.39, 0.29) is 5.69 Å². The topological polar surface area (TPSA) is 95.9 Å². The normalized spacial score (nSPS) is 10.4. The Hall–Kier alpha value is -2.44. The molecule has 94 valence electrons. The summed E-state index contributed by atoms with van der Waals surface area (Å²) in [5, 5.41) is 4.18. The van der Waals surface area contributed by atoms with Gasteiger partial charge in [-0.1, -0.05) is 0 Å². The fourth-order valence-electron chi connectivity index (χ4n) is 1.57. The molecule has 2 aromatic rings. The predicted molar refractivity (Wildman–Crippen MR) is 64.4 cm³/mol. The number of ether oxygens (including phenoxy) is 1. The first kappa shape index (κ1) is 12.0. The van der Waals surface area contributed by atoms with Crippen molar-refractivity contribution in [3.8, 4) is 5.82 Å². The molecule has 18 heavy (non-hydrogen) atoms. The van der Waals surface area contributed by atoms with Crippen molar-refractivity contribution in [2.45, 2.75) is 13.8 Å². The molecule has 0 aliphatic carbocycles. The van der Waals surface area contributed by atoms with Crippen LogP contribution in [0.5, 0.6) is 0 Å². The summed E-state index contributed by atoms with van der Waals surface area (Å²) >= 11 is 0. The molecule has 0 aromatic carbocycles. The lowest BCUT2D eigenvalue weighted by atomic mass is 10.3. The van der Waals surface area contributed by atoms with Crippen molar-refractivity contribution < 1.29 is 9.53 Å². The molecule has 0 aliphatic heterocycles. The number of carbonyl (C=O) groups is 1. The van der Waals surface area contributed by atoms with E-state index in [2.05, 4.69) is 19.8 Å². The Morgan fingerprint density at radius 3 is 2.61 bits per heavy atom. The fraction of sp³-hybridized carbons (Fsp3) is 0.273. The van der Waals surface area contributed by atoms with Gasteiger partial charge in [-0.25, -0.2) is 14.8 Å². The first-order valence-corrected chi connectivity index (χ1v) is 5.28. The Morgan fingerprint density at radius 2 is 2.06 bits per heavy atom. The van der Waals surface area contributed by atoms with E-state index in [0.29, 0.717) is 23.2 Å². The number of methoxy groups -OCH3 is 1. The molecule has 0 unspecified atom stereocenters. The minimum atomic E-state index is -0.522. The number of nitrogens with zero attached hydrogens (tertiary/aromatic N) is 4. The van der Waals surface area contributed by atoms with Crippen molar-refractivity contribution in [3.63, 3.8) is 0 Å². The number of aromatic nitrogens is 4. The number of nitrogen functional groups attached to an aromatic ring is 1. The van der Waals surface area contributed by atoms with Gasteiger partial charge in [0.2, 0.25) is 0 Å². The van der Waals surface area contributed by atoms with Crippen molar-refractivity contribution in [1.82, 2.24) is 19.7 Å². The number of carbonyl (C=O) groups excluding carboxylic acids is 1. The van der Waals surface area contributed by atoms with Crippen LogP contribution in [-0.4, -0.2) is 32.8 Å². The lowest BCUT2D eigenvalue weighted by molar-refractivity contribution is 0.0594. The number of hydrogen-bond acceptors (Lipinski definition) is 6. The highest BCUT2D eigenvalue weighted by atomic mass is 16.5. The van der Waals surface area contributed by atoms with Gasteiger partial charge in [0.25, 0.3) is 0 Å². The summed E-state index contributed by atoms with van der Waals surface area (Å²) in [7, 11) is 1.30. The van der Waals surface area contributed by atoms with Gasteiger partial charge in [-0.15, -0.1) is 5.10 Å². The van der Waals surface area contributed by atoms with Gasteiger partial charge in [0, 0.05) is 0 Å². The van der Waals surface area contributed by atoms with E-state index in [4.69, 9.17) is 5.73 Å². The van der Waals surface area contributed by atoms with Crippen LogP contribution in [0.15, 0.2) is 12.1 Å². The Bertz CT molecular complexity index is 605. The molecular formula is C11H13N5O2. The number of anilines is 1. The van der Waals surface area contributed by atoms with Crippen molar-refractivity contribution in [1.29, 1.82) is 0 Å². The summed E-state index contributed by atoms with van der Waals surface area (Å²) in [4.78, 5) is 19.7. The van der Waals surface area contributed by atoms with Crippen molar-refractivity contribution in [2.75, 3.05) is 12.8 Å². The molecule has 0 fully saturated rings. The zero-order valence-corrected chi connectivity index (χ0v) is 10.3. The van der Waals surface area contributed by atoms with E-state index < -0.39 is 5.97 Å². The largest absolute Gasteiger partial charge is 0.464 e. The Morgan fingerprint density at radius 1 is 1.33 bits per heavy atom. The molecule has 0 saturated carbocycles.